The van der Waals surface area contributed by atoms with E-state index in [4.69, 9.17) is 18.9 Å². The second kappa shape index (κ2) is 19.5. The molecule has 16 heteroatoms. The van der Waals surface area contributed by atoms with E-state index in [2.05, 4.69) is 10.1 Å². The van der Waals surface area contributed by atoms with Crippen LogP contribution in [0, 0.1) is 0 Å². The molecular weight excluding hydrogens is 814 g/mol. The maximum absolute atomic E-state index is 14.5. The predicted octanol–water partition coefficient (Wildman–Crippen LogP) is 5.94. The molecule has 62 heavy (non-hydrogen) atoms. The normalized spacial score (nSPS) is 21.4. The Kier molecular flexibility index (Phi) is 14.3. The molecule has 3 aromatic carbocycles. The summed E-state index contributed by atoms with van der Waals surface area (Å²) in [5, 5.41) is 12.8. The van der Waals surface area contributed by atoms with Crippen LogP contribution in [0.2, 0.25) is 0 Å². The van der Waals surface area contributed by atoms with E-state index >= 15 is 0 Å². The van der Waals surface area contributed by atoms with Gasteiger partial charge in [-0.15, -0.1) is 0 Å². The van der Waals surface area contributed by atoms with Crippen LogP contribution < -0.4 is 5.32 Å². The first kappa shape index (κ1) is 45.7. The third kappa shape index (κ3) is 11.5. The van der Waals surface area contributed by atoms with E-state index in [1.54, 1.807) is 26.8 Å². The summed E-state index contributed by atoms with van der Waals surface area (Å²) < 4.78 is 66.8. The number of aliphatic hydroxyl groups excluding tert-OH is 1. The number of hydrogen-bond acceptors (Lipinski definition) is 11. The summed E-state index contributed by atoms with van der Waals surface area (Å²) in [6.45, 7) is 3.27. The predicted molar refractivity (Wildman–Crippen MR) is 217 cm³/mol. The van der Waals surface area contributed by atoms with Gasteiger partial charge in [0, 0.05) is 42.2 Å². The second-order valence-corrected chi connectivity index (χ2v) is 16.2. The highest BCUT2D eigenvalue weighted by Crippen LogP contribution is 2.47. The highest BCUT2D eigenvalue weighted by atomic mass is 19.4. The molecule has 0 saturated carbocycles. The summed E-state index contributed by atoms with van der Waals surface area (Å²) in [5.41, 5.74) is 1.12. The summed E-state index contributed by atoms with van der Waals surface area (Å²) >= 11 is 0. The van der Waals surface area contributed by atoms with Crippen molar-refractivity contribution in [2.75, 3.05) is 19.8 Å². The minimum atomic E-state index is -4.69. The van der Waals surface area contributed by atoms with Crippen molar-refractivity contribution in [2.24, 2.45) is 0 Å². The van der Waals surface area contributed by atoms with Crippen LogP contribution >= 0.6 is 0 Å². The Bertz CT molecular complexity index is 2110. The number of hydrogen-bond donors (Lipinski definition) is 2. The Labute approximate surface area is 356 Å². The smallest absolute Gasteiger partial charge is 0.422 e. The number of benzene rings is 3. The third-order valence-corrected chi connectivity index (χ3v) is 10.3. The molecule has 0 unspecified atom stereocenters. The van der Waals surface area contributed by atoms with Gasteiger partial charge in [0.05, 0.1) is 18.2 Å². The maximum atomic E-state index is 14.5. The van der Waals surface area contributed by atoms with Crippen molar-refractivity contribution < 1.29 is 65.9 Å². The molecule has 2 amide bonds. The summed E-state index contributed by atoms with van der Waals surface area (Å²) in [7, 11) is 0. The van der Waals surface area contributed by atoms with Crippen LogP contribution in [0.5, 0.6) is 0 Å². The second-order valence-electron chi connectivity index (χ2n) is 16.2. The van der Waals surface area contributed by atoms with E-state index in [0.717, 1.165) is 6.08 Å². The Balaban J connectivity index is 1.25. The summed E-state index contributed by atoms with van der Waals surface area (Å²) in [5.74, 6) is -4.99. The quantitative estimate of drug-likeness (QED) is 0.112. The van der Waals surface area contributed by atoms with Crippen LogP contribution in [0.15, 0.2) is 103 Å². The molecule has 3 aromatic rings. The molecule has 1 aliphatic carbocycles. The number of nitrogens with one attached hydrogen (secondary N) is 1. The topological polar surface area (TPSA) is 167 Å². The van der Waals surface area contributed by atoms with Crippen molar-refractivity contribution in [1.82, 2.24) is 10.2 Å². The molecule has 0 spiro atoms. The zero-order valence-electron chi connectivity index (χ0n) is 34.5. The first-order valence-corrected chi connectivity index (χ1v) is 20.3. The zero-order chi connectivity index (χ0) is 44.7. The summed E-state index contributed by atoms with van der Waals surface area (Å²) in [6, 6.07) is 22.5. The van der Waals surface area contributed by atoms with Crippen molar-refractivity contribution >= 4 is 35.8 Å². The average molecular weight is 863 g/mol. The number of aliphatic hydroxyl groups is 1. The van der Waals surface area contributed by atoms with Gasteiger partial charge in [-0.2, -0.15) is 13.2 Å². The SMILES string of the molecule is CC(C)(C)OC(=O)CC[C@@H](CO)NC(=O)[C@H]1CCCN1C(=O)C1=C[C@H]2OC(c3ccccc3)(c3ccccc3)O[C@H]2[C@H](OC(=O)c2cccc(C=CC(=O)OCC(F)(F)F)c2)C1. The van der Waals surface area contributed by atoms with Gasteiger partial charge in [0.2, 0.25) is 17.6 Å². The van der Waals surface area contributed by atoms with Gasteiger partial charge in [0.15, 0.2) is 6.61 Å². The lowest BCUT2D eigenvalue weighted by atomic mass is 9.91. The summed E-state index contributed by atoms with van der Waals surface area (Å²) in [6.07, 6.45) is -3.22. The fourth-order valence-corrected chi connectivity index (χ4v) is 7.58. The van der Waals surface area contributed by atoms with Crippen molar-refractivity contribution in [3.63, 3.8) is 0 Å². The number of amides is 2. The molecule has 0 aromatic heterocycles. The van der Waals surface area contributed by atoms with Gasteiger partial charge in [-0.05, 0) is 69.9 Å². The van der Waals surface area contributed by atoms with Crippen LogP contribution in [0.1, 0.15) is 79.9 Å². The lowest BCUT2D eigenvalue weighted by Crippen LogP contribution is -2.51. The Hall–Kier alpha value is -5.84. The standard InChI is InChI=1S/C46H49F3N2O11/c1-44(2,3)61-39(54)22-20-34(27-52)50-41(55)35-18-11-23-51(35)42(56)31-25-36(59-43(57)30-13-10-12-29(24-30)19-21-38(53)58-28-45(47,48)49)40-37(26-31)60-46(62-40,32-14-6-4-7-15-32)33-16-8-5-9-17-33/h4-10,12-17,19,21,24,26,34-37,40,52H,11,18,20,22-23,25,27-28H2,1-3H3,(H,50,55)/t34-,35+,36+,37+,40-/m0/s1. The fraction of sp³-hybridized carbons (Fsp3) is 0.413. The Morgan fingerprint density at radius 2 is 1.63 bits per heavy atom. The minimum absolute atomic E-state index is 0.0347. The first-order chi connectivity index (χ1) is 29.4. The number of carbonyl (C=O) groups excluding carboxylic acids is 5. The highest BCUT2D eigenvalue weighted by molar-refractivity contribution is 5.98. The number of likely N-dealkylation sites (tertiary alicyclic amines) is 1. The van der Waals surface area contributed by atoms with Gasteiger partial charge in [-0.1, -0.05) is 72.8 Å². The van der Waals surface area contributed by atoms with E-state index in [-0.39, 0.29) is 36.9 Å². The van der Waals surface area contributed by atoms with Crippen LogP contribution in [-0.4, -0.2) is 102 Å². The zero-order valence-corrected chi connectivity index (χ0v) is 34.5. The number of alkyl halides is 3. The number of carbonyl (C=O) groups is 5. The lowest BCUT2D eigenvalue weighted by molar-refractivity contribution is -0.182. The van der Waals surface area contributed by atoms with Crippen LogP contribution in [0.3, 0.4) is 0 Å². The average Bonchev–Trinajstić information content (AvgIpc) is 3.90. The molecule has 13 nitrogen and oxygen atoms in total. The van der Waals surface area contributed by atoms with Crippen molar-refractivity contribution in [3.8, 4) is 0 Å². The van der Waals surface area contributed by atoms with Gasteiger partial charge in [0.25, 0.3) is 0 Å². The van der Waals surface area contributed by atoms with E-state index in [1.165, 1.54) is 35.2 Å². The number of fused-ring (bicyclic) bond motifs is 1. The molecule has 2 aliphatic heterocycles. The van der Waals surface area contributed by atoms with Crippen LogP contribution in [0.4, 0.5) is 13.2 Å². The van der Waals surface area contributed by atoms with Gasteiger partial charge < -0.3 is 39.0 Å². The van der Waals surface area contributed by atoms with Crippen molar-refractivity contribution in [1.29, 1.82) is 0 Å². The maximum Gasteiger partial charge on any atom is 0.422 e. The largest absolute Gasteiger partial charge is 0.460 e. The fourth-order valence-electron chi connectivity index (χ4n) is 7.58. The molecule has 0 bridgehead atoms. The third-order valence-electron chi connectivity index (χ3n) is 10.3. The number of esters is 3. The molecule has 2 saturated heterocycles. The molecule has 6 rings (SSSR count). The van der Waals surface area contributed by atoms with E-state index < -0.39 is 90.9 Å². The van der Waals surface area contributed by atoms with Crippen LogP contribution in [0.25, 0.3) is 6.08 Å². The number of rotatable bonds is 14. The van der Waals surface area contributed by atoms with Gasteiger partial charge >= 0.3 is 24.1 Å². The van der Waals surface area contributed by atoms with E-state index in [9.17, 15) is 42.3 Å². The monoisotopic (exact) mass is 862 g/mol. The van der Waals surface area contributed by atoms with E-state index in [0.29, 0.717) is 29.5 Å². The molecule has 2 heterocycles. The van der Waals surface area contributed by atoms with Gasteiger partial charge in [-0.3, -0.25) is 14.4 Å². The lowest BCUT2D eigenvalue weighted by Gasteiger charge is -2.33. The molecule has 3 aliphatic rings. The molecule has 5 atom stereocenters. The number of ether oxygens (including phenoxy) is 5. The molecule has 2 N–H and O–H groups in total. The van der Waals surface area contributed by atoms with E-state index in [1.807, 2.05) is 60.7 Å². The Morgan fingerprint density at radius 1 is 0.952 bits per heavy atom. The summed E-state index contributed by atoms with van der Waals surface area (Å²) in [4.78, 5) is 67.7. The molecule has 0 radical (unpaired) electrons. The molecular formula is C46H49F3N2O11. The molecule has 330 valence electrons. The van der Waals surface area contributed by atoms with Crippen molar-refractivity contribution in [3.05, 3.63) is 125 Å². The number of nitrogens with zero attached hydrogens (tertiary/aromatic N) is 1. The van der Waals surface area contributed by atoms with Gasteiger partial charge in [-0.25, -0.2) is 9.59 Å². The van der Waals surface area contributed by atoms with Crippen molar-refractivity contribution in [2.45, 2.75) is 101 Å². The van der Waals surface area contributed by atoms with Gasteiger partial charge in [0.1, 0.15) is 30.0 Å². The highest BCUT2D eigenvalue weighted by Gasteiger charge is 2.55. The minimum Gasteiger partial charge on any atom is -0.460 e. The molecule has 2 fully saturated rings. The Morgan fingerprint density at radius 3 is 2.26 bits per heavy atom. The number of halogens is 3. The first-order valence-electron chi connectivity index (χ1n) is 20.3. The van der Waals surface area contributed by atoms with Crippen LogP contribution in [-0.2, 0) is 48.6 Å².